The number of rotatable bonds is 6. The lowest BCUT2D eigenvalue weighted by atomic mass is 9.60. The number of carbonyl (C=O) groups excluding carboxylic acids is 1. The molecular formula is C16H27N5O2. The Morgan fingerprint density at radius 2 is 2.26 bits per heavy atom. The predicted octanol–water partition coefficient (Wildman–Crippen LogP) is 1.70. The molecular weight excluding hydrogens is 294 g/mol. The van der Waals surface area contributed by atoms with Crippen LogP contribution >= 0.6 is 0 Å². The van der Waals surface area contributed by atoms with Gasteiger partial charge in [-0.15, -0.1) is 0 Å². The van der Waals surface area contributed by atoms with E-state index in [0.29, 0.717) is 12.6 Å². The molecule has 2 N–H and O–H groups in total. The lowest BCUT2D eigenvalue weighted by molar-refractivity contribution is -0.126. The van der Waals surface area contributed by atoms with E-state index in [2.05, 4.69) is 20.7 Å². The van der Waals surface area contributed by atoms with Gasteiger partial charge in [0.05, 0.1) is 12.6 Å². The second-order valence-corrected chi connectivity index (χ2v) is 6.81. The van der Waals surface area contributed by atoms with Crippen LogP contribution in [0, 0.1) is 5.41 Å². The Morgan fingerprint density at radius 3 is 2.91 bits per heavy atom. The number of ether oxygens (including phenoxy) is 1. The Hall–Kier alpha value is -1.63. The minimum Gasteiger partial charge on any atom is -0.378 e. The average molecular weight is 321 g/mol. The number of amides is 2. The minimum atomic E-state index is -0.0937. The summed E-state index contributed by atoms with van der Waals surface area (Å²) in [7, 11) is 0. The molecule has 1 heterocycles. The van der Waals surface area contributed by atoms with Gasteiger partial charge in [-0.1, -0.05) is 12.8 Å². The van der Waals surface area contributed by atoms with Crippen molar-refractivity contribution < 1.29 is 9.53 Å². The highest BCUT2D eigenvalue weighted by Crippen LogP contribution is 2.54. The molecule has 1 aromatic rings. The molecule has 0 radical (unpaired) electrons. The van der Waals surface area contributed by atoms with Crippen molar-refractivity contribution in [3.8, 4) is 0 Å². The minimum absolute atomic E-state index is 0.000932. The van der Waals surface area contributed by atoms with Crippen molar-refractivity contribution >= 4 is 6.03 Å². The number of hydrogen-bond acceptors (Lipinski definition) is 4. The van der Waals surface area contributed by atoms with Crippen LogP contribution in [0.3, 0.4) is 0 Å². The fourth-order valence-corrected chi connectivity index (χ4v) is 4.17. The zero-order chi connectivity index (χ0) is 16.3. The van der Waals surface area contributed by atoms with Gasteiger partial charge in [-0.05, 0) is 33.1 Å². The van der Waals surface area contributed by atoms with E-state index in [0.717, 1.165) is 25.9 Å². The Morgan fingerprint density at radius 1 is 1.48 bits per heavy atom. The second-order valence-electron chi connectivity index (χ2n) is 6.81. The lowest BCUT2D eigenvalue weighted by Crippen LogP contribution is -2.65. The monoisotopic (exact) mass is 321 g/mol. The summed E-state index contributed by atoms with van der Waals surface area (Å²) in [5.74, 6) is 0. The van der Waals surface area contributed by atoms with Gasteiger partial charge in [-0.25, -0.2) is 9.78 Å². The van der Waals surface area contributed by atoms with Gasteiger partial charge >= 0.3 is 6.03 Å². The van der Waals surface area contributed by atoms with Gasteiger partial charge < -0.3 is 15.4 Å². The van der Waals surface area contributed by atoms with Gasteiger partial charge in [0.15, 0.2) is 0 Å². The molecule has 1 spiro atoms. The summed E-state index contributed by atoms with van der Waals surface area (Å²) in [6.07, 6.45) is 9.21. The van der Waals surface area contributed by atoms with E-state index < -0.39 is 0 Å². The van der Waals surface area contributed by atoms with Gasteiger partial charge in [0.1, 0.15) is 12.7 Å². The molecule has 2 fully saturated rings. The van der Waals surface area contributed by atoms with Crippen LogP contribution < -0.4 is 10.6 Å². The third-order valence-corrected chi connectivity index (χ3v) is 5.30. The molecule has 7 nitrogen and oxygen atoms in total. The van der Waals surface area contributed by atoms with E-state index in [4.69, 9.17) is 4.74 Å². The summed E-state index contributed by atoms with van der Waals surface area (Å²) in [5, 5.41) is 10.2. The Kier molecular flexibility index (Phi) is 4.84. The first-order valence-corrected chi connectivity index (χ1v) is 8.65. The van der Waals surface area contributed by atoms with Crippen molar-refractivity contribution in [3.05, 3.63) is 12.7 Å². The number of hydrogen-bond donors (Lipinski definition) is 2. The largest absolute Gasteiger partial charge is 0.378 e. The van der Waals surface area contributed by atoms with E-state index in [1.165, 1.54) is 19.2 Å². The standard InChI is InChI=1S/C16H27N5O2/c1-3-23-14-8-13(16(14)6-4-5-7-16)20-15(22)19-12(2)9-21-11-17-10-18-21/h10-14H,3-9H2,1-2H3,(H2,19,20,22)/t12-,13-,14+/m0/s1. The highest BCUT2D eigenvalue weighted by atomic mass is 16.5. The van der Waals surface area contributed by atoms with Crippen LogP contribution in [0.25, 0.3) is 0 Å². The predicted molar refractivity (Wildman–Crippen MR) is 85.9 cm³/mol. The molecule has 0 aromatic carbocycles. The molecule has 2 amide bonds. The Balaban J connectivity index is 1.49. The highest BCUT2D eigenvalue weighted by molar-refractivity contribution is 5.74. The van der Waals surface area contributed by atoms with E-state index >= 15 is 0 Å². The van der Waals surface area contributed by atoms with Crippen LogP contribution in [0.1, 0.15) is 46.0 Å². The zero-order valence-corrected chi connectivity index (χ0v) is 14.0. The van der Waals surface area contributed by atoms with E-state index in [9.17, 15) is 4.79 Å². The van der Waals surface area contributed by atoms with Crippen molar-refractivity contribution in [2.24, 2.45) is 5.41 Å². The molecule has 128 valence electrons. The van der Waals surface area contributed by atoms with Crippen molar-refractivity contribution in [1.29, 1.82) is 0 Å². The van der Waals surface area contributed by atoms with Crippen LogP contribution in [0.2, 0.25) is 0 Å². The van der Waals surface area contributed by atoms with E-state index in [-0.39, 0.29) is 23.5 Å². The Bertz CT molecular complexity index is 513. The molecule has 0 unspecified atom stereocenters. The van der Waals surface area contributed by atoms with E-state index in [1.54, 1.807) is 11.0 Å². The highest BCUT2D eigenvalue weighted by Gasteiger charge is 2.57. The summed E-state index contributed by atoms with van der Waals surface area (Å²) in [6, 6.07) is 0.142. The first-order valence-electron chi connectivity index (χ1n) is 8.65. The SMILES string of the molecule is CCO[C@@H]1C[C@H](NC(=O)N[C@@H](C)Cn2cncn2)C12CCCC2. The van der Waals surface area contributed by atoms with Crippen molar-refractivity contribution in [2.45, 2.75) is 70.7 Å². The average Bonchev–Trinajstić information content (AvgIpc) is 3.18. The fraction of sp³-hybridized carbons (Fsp3) is 0.812. The van der Waals surface area contributed by atoms with Crippen LogP contribution in [-0.2, 0) is 11.3 Å². The molecule has 1 aromatic heterocycles. The maximum atomic E-state index is 12.3. The number of nitrogens with one attached hydrogen (secondary N) is 2. The fourth-order valence-electron chi connectivity index (χ4n) is 4.17. The smallest absolute Gasteiger partial charge is 0.315 e. The molecule has 0 aliphatic heterocycles. The Labute approximate surface area is 137 Å². The van der Waals surface area contributed by atoms with Gasteiger partial charge in [0.2, 0.25) is 0 Å². The quantitative estimate of drug-likeness (QED) is 0.836. The lowest BCUT2D eigenvalue weighted by Gasteiger charge is -2.54. The van der Waals surface area contributed by atoms with Crippen molar-refractivity contribution in [2.75, 3.05) is 6.61 Å². The van der Waals surface area contributed by atoms with Crippen LogP contribution in [0.4, 0.5) is 4.79 Å². The van der Waals surface area contributed by atoms with Gasteiger partial charge in [0, 0.05) is 24.1 Å². The van der Waals surface area contributed by atoms with Gasteiger partial charge in [-0.2, -0.15) is 5.10 Å². The molecule has 3 rings (SSSR count). The van der Waals surface area contributed by atoms with Crippen molar-refractivity contribution in [1.82, 2.24) is 25.4 Å². The van der Waals surface area contributed by atoms with Crippen LogP contribution in [0.15, 0.2) is 12.7 Å². The number of carbonyl (C=O) groups is 1. The second kappa shape index (κ2) is 6.86. The molecule has 2 aliphatic rings. The van der Waals surface area contributed by atoms with Crippen LogP contribution in [0.5, 0.6) is 0 Å². The molecule has 2 aliphatic carbocycles. The molecule has 3 atom stereocenters. The summed E-state index contributed by atoms with van der Waals surface area (Å²) in [5.41, 5.74) is 0.169. The summed E-state index contributed by atoms with van der Waals surface area (Å²) >= 11 is 0. The molecule has 23 heavy (non-hydrogen) atoms. The zero-order valence-electron chi connectivity index (χ0n) is 14.0. The maximum Gasteiger partial charge on any atom is 0.315 e. The number of aromatic nitrogens is 3. The summed E-state index contributed by atoms with van der Waals surface area (Å²) < 4.78 is 7.61. The molecule has 2 saturated carbocycles. The van der Waals surface area contributed by atoms with Gasteiger partial charge in [0.25, 0.3) is 0 Å². The van der Waals surface area contributed by atoms with Crippen LogP contribution in [-0.4, -0.2) is 45.6 Å². The van der Waals surface area contributed by atoms with Gasteiger partial charge in [-0.3, -0.25) is 4.68 Å². The van der Waals surface area contributed by atoms with Crippen molar-refractivity contribution in [3.63, 3.8) is 0 Å². The summed E-state index contributed by atoms with van der Waals surface area (Å²) in [4.78, 5) is 16.2. The number of nitrogens with zero attached hydrogens (tertiary/aromatic N) is 3. The summed E-state index contributed by atoms with van der Waals surface area (Å²) in [6.45, 7) is 5.38. The first-order chi connectivity index (χ1) is 11.1. The maximum absolute atomic E-state index is 12.3. The molecule has 0 bridgehead atoms. The normalized spacial score (nSPS) is 26.7. The first kappa shape index (κ1) is 16.2. The topological polar surface area (TPSA) is 81.1 Å². The third kappa shape index (κ3) is 3.34. The number of urea groups is 1. The van der Waals surface area contributed by atoms with E-state index in [1.807, 2.05) is 13.8 Å². The molecule has 0 saturated heterocycles. The third-order valence-electron chi connectivity index (χ3n) is 5.30. The molecule has 7 heteroatoms.